The molecule has 0 saturated heterocycles. The third kappa shape index (κ3) is 11.1. The lowest BCUT2D eigenvalue weighted by Gasteiger charge is -2.22. The number of fused-ring (bicyclic) bond motifs is 2. The molecule has 306 valence electrons. The first-order valence-electron chi connectivity index (χ1n) is 17.7. The summed E-state index contributed by atoms with van der Waals surface area (Å²) in [4.78, 5) is 31.6. The minimum Gasteiger partial charge on any atom is -0.418 e. The number of nitrogens with one attached hydrogen (secondary N) is 4. The number of aliphatic hydroxyl groups is 2. The molecule has 3 heterocycles. The van der Waals surface area contributed by atoms with Gasteiger partial charge in [0, 0.05) is 42.7 Å². The Morgan fingerprint density at radius 3 is 1.78 bits per heavy atom. The molecule has 6 N–H and O–H groups in total. The number of carbonyl (C=O) groups excluding carboxylic acids is 2. The molecular formula is C41H35F2N8O5PS3. The van der Waals surface area contributed by atoms with Gasteiger partial charge in [0.1, 0.15) is 23.7 Å². The number of rotatable bonds is 10. The molecule has 4 atom stereocenters. The number of hydrogen-bond donors (Lipinski definition) is 6. The van der Waals surface area contributed by atoms with E-state index in [9.17, 15) is 28.6 Å². The van der Waals surface area contributed by atoms with Crippen LogP contribution >= 0.6 is 30.0 Å². The second kappa shape index (κ2) is 21.1. The van der Waals surface area contributed by atoms with Gasteiger partial charge in [0.2, 0.25) is 23.2 Å². The Balaban J connectivity index is 0.000000214. The normalized spacial score (nSPS) is 12.6. The zero-order chi connectivity index (χ0) is 43.3. The Labute approximate surface area is 357 Å². The summed E-state index contributed by atoms with van der Waals surface area (Å²) in [5.74, 6) is -1.65. The predicted octanol–water partition coefficient (Wildman–Crippen LogP) is 9.41. The lowest BCUT2D eigenvalue weighted by molar-refractivity contribution is -0.124. The van der Waals surface area contributed by atoms with Crippen molar-refractivity contribution >= 4 is 96.6 Å². The van der Waals surface area contributed by atoms with Crippen molar-refractivity contribution in [1.29, 1.82) is 0 Å². The summed E-state index contributed by atoms with van der Waals surface area (Å²) in [6.07, 6.45) is -1.90. The number of hydrazine groups is 1. The van der Waals surface area contributed by atoms with Gasteiger partial charge in [-0.3, -0.25) is 20.4 Å². The van der Waals surface area contributed by atoms with Gasteiger partial charge in [0.05, 0.1) is 25.4 Å². The molecule has 0 saturated carbocycles. The van der Waals surface area contributed by atoms with E-state index < -0.39 is 41.9 Å². The summed E-state index contributed by atoms with van der Waals surface area (Å²) in [6, 6.07) is 19.5. The maximum Gasteiger partial charge on any atom is 0.269 e. The van der Waals surface area contributed by atoms with E-state index in [1.807, 2.05) is 29.6 Å². The molecule has 0 unspecified atom stereocenters. The SMILES string of the molecule is CP=S.[C-]#[N+]c1ccc(N[C@@H](C(=O)NNC(=O)c2ccc(F)cc2)[C@@H](C)O)c2ccsc12.[C-]#[N+]c1ccc(N[C@@H](c2nnc(-c3ccc(F)cc3)o2)[C@@H](C)O)c2ccsc12. The van der Waals surface area contributed by atoms with Crippen LogP contribution in [0.3, 0.4) is 0 Å². The molecule has 0 fully saturated rings. The van der Waals surface area contributed by atoms with Gasteiger partial charge in [-0.15, -0.1) is 10.2 Å². The van der Waals surface area contributed by atoms with Crippen LogP contribution in [0.1, 0.15) is 36.1 Å². The number of thiophene rings is 2. The number of anilines is 2. The summed E-state index contributed by atoms with van der Waals surface area (Å²) >= 11 is 7.26. The fourth-order valence-corrected chi connectivity index (χ4v) is 7.35. The van der Waals surface area contributed by atoms with Gasteiger partial charge in [0.25, 0.3) is 11.8 Å². The van der Waals surface area contributed by atoms with Crippen LogP contribution in [0.15, 0.2) is 100 Å². The lowest BCUT2D eigenvalue weighted by atomic mass is 10.1. The Hall–Kier alpha value is -6.24. The van der Waals surface area contributed by atoms with Crippen LogP contribution in [0.2, 0.25) is 0 Å². The molecule has 0 bridgehead atoms. The van der Waals surface area contributed by atoms with E-state index in [4.69, 9.17) is 17.6 Å². The fraction of sp³-hybridized carbons (Fsp3) is 0.171. The molecule has 0 spiro atoms. The summed E-state index contributed by atoms with van der Waals surface area (Å²) in [5, 5.41) is 40.0. The van der Waals surface area contributed by atoms with Crippen molar-refractivity contribution in [2.75, 3.05) is 17.3 Å². The van der Waals surface area contributed by atoms with E-state index in [1.165, 1.54) is 53.9 Å². The minimum absolute atomic E-state index is 0.169. The van der Waals surface area contributed by atoms with E-state index in [2.05, 4.69) is 53.2 Å². The molecule has 2 amide bonds. The standard InChI is InChI=1S/C20H17FN4O3S.C20H15FN4O2S.CH3PS/c1-11(26)17(20(28)25-24-19(27)12-3-5-13(21)6-4-12)23-15-7-8-16(22-2)18-14(15)9-10-29-18;1-11(26)17(20-25-24-19(27-20)12-3-5-13(21)6-4-12)23-15-7-8-16(22-2)18-14(15)9-10-28-18;1-2-3/h3-11,17,23,26H,1H3,(H,24,27)(H,25,28);3-11,17,23,26H,1H3;1H3/t2*11-,17-;/m11./s1. The third-order valence-electron chi connectivity index (χ3n) is 8.51. The summed E-state index contributed by atoms with van der Waals surface area (Å²) in [7, 11) is 1.00. The number of hydrogen-bond acceptors (Lipinski definition) is 12. The molecule has 13 nitrogen and oxygen atoms in total. The van der Waals surface area contributed by atoms with Crippen molar-refractivity contribution < 1.29 is 33.0 Å². The molecular weight excluding hydrogens is 850 g/mol. The largest absolute Gasteiger partial charge is 0.418 e. The molecule has 7 rings (SSSR count). The summed E-state index contributed by atoms with van der Waals surface area (Å²) < 4.78 is 33.4. The van der Waals surface area contributed by atoms with Crippen molar-refractivity contribution in [3.8, 4) is 11.5 Å². The number of carbonyl (C=O) groups is 2. The maximum atomic E-state index is 13.1. The van der Waals surface area contributed by atoms with Crippen LogP contribution in [0.5, 0.6) is 0 Å². The van der Waals surface area contributed by atoms with Crippen molar-refractivity contribution in [2.24, 2.45) is 0 Å². The van der Waals surface area contributed by atoms with Crippen LogP contribution in [-0.4, -0.2) is 57.1 Å². The smallest absolute Gasteiger partial charge is 0.269 e. The topological polar surface area (TPSA) is 170 Å². The van der Waals surface area contributed by atoms with E-state index in [0.29, 0.717) is 22.6 Å². The number of halogens is 2. The zero-order valence-corrected chi connectivity index (χ0v) is 35.2. The van der Waals surface area contributed by atoms with Gasteiger partial charge in [-0.05, 0) is 111 Å². The molecule has 0 aliphatic carbocycles. The molecule has 19 heteroatoms. The maximum absolute atomic E-state index is 13.1. The summed E-state index contributed by atoms with van der Waals surface area (Å²) in [6.45, 7) is 19.5. The number of aromatic nitrogens is 2. The quantitative estimate of drug-likeness (QED) is 0.0442. The Morgan fingerprint density at radius 2 is 1.28 bits per heavy atom. The van der Waals surface area contributed by atoms with Crippen LogP contribution in [0.25, 0.3) is 41.3 Å². The second-order valence-corrected chi connectivity index (χ2v) is 15.9. The number of aliphatic hydroxyl groups excluding tert-OH is 2. The molecule has 0 aliphatic rings. The van der Waals surface area contributed by atoms with Gasteiger partial charge in [0.15, 0.2) is 0 Å². The van der Waals surface area contributed by atoms with Crippen LogP contribution < -0.4 is 21.5 Å². The fourth-order valence-electron chi connectivity index (χ4n) is 5.59. The van der Waals surface area contributed by atoms with E-state index in [1.54, 1.807) is 43.3 Å². The van der Waals surface area contributed by atoms with E-state index >= 15 is 0 Å². The predicted molar refractivity (Wildman–Crippen MR) is 235 cm³/mol. The van der Waals surface area contributed by atoms with Gasteiger partial charge >= 0.3 is 0 Å². The zero-order valence-electron chi connectivity index (χ0n) is 31.9. The highest BCUT2D eigenvalue weighted by Gasteiger charge is 2.27. The Kier molecular flexibility index (Phi) is 15.8. The van der Waals surface area contributed by atoms with Crippen LogP contribution in [0.4, 0.5) is 31.5 Å². The molecule has 7 aromatic rings. The Bertz CT molecular complexity index is 2680. The van der Waals surface area contributed by atoms with Crippen LogP contribution in [-0.2, 0) is 16.6 Å². The van der Waals surface area contributed by atoms with Gasteiger partial charge in [-0.1, -0.05) is 23.9 Å². The highest BCUT2D eigenvalue weighted by Crippen LogP contribution is 2.38. The second-order valence-electron chi connectivity index (χ2n) is 12.6. The van der Waals surface area contributed by atoms with E-state index in [-0.39, 0.29) is 23.2 Å². The van der Waals surface area contributed by atoms with Crippen molar-refractivity contribution in [2.45, 2.75) is 38.1 Å². The average Bonchev–Trinajstić information content (AvgIpc) is 4.04. The monoisotopic (exact) mass is 884 g/mol. The molecule has 4 aromatic carbocycles. The third-order valence-corrected chi connectivity index (χ3v) is 10.4. The van der Waals surface area contributed by atoms with Crippen LogP contribution in [0, 0.1) is 24.8 Å². The number of nitrogens with zero attached hydrogens (tertiary/aromatic N) is 4. The highest BCUT2D eigenvalue weighted by molar-refractivity contribution is 7.96. The van der Waals surface area contributed by atoms with Gasteiger partial charge < -0.3 is 25.3 Å². The molecule has 3 aromatic heterocycles. The highest BCUT2D eigenvalue weighted by atomic mass is 32.4. The average molecular weight is 885 g/mol. The van der Waals surface area contributed by atoms with Crippen molar-refractivity contribution in [3.63, 3.8) is 0 Å². The van der Waals surface area contributed by atoms with Gasteiger partial charge in [-0.25, -0.2) is 18.5 Å². The number of amides is 2. The van der Waals surface area contributed by atoms with Gasteiger partial charge in [-0.2, -0.15) is 22.7 Å². The molecule has 0 radical (unpaired) electrons. The van der Waals surface area contributed by atoms with E-state index in [0.717, 1.165) is 45.3 Å². The lowest BCUT2D eigenvalue weighted by Crippen LogP contribution is -2.52. The first-order chi connectivity index (χ1) is 28.9. The Morgan fingerprint density at radius 1 is 0.767 bits per heavy atom. The first-order valence-corrected chi connectivity index (χ1v) is 21.8. The number of benzene rings is 4. The molecule has 0 aliphatic heterocycles. The first kappa shape index (κ1) is 44.9. The van der Waals surface area contributed by atoms with Crippen molar-refractivity contribution in [1.82, 2.24) is 21.0 Å². The molecule has 60 heavy (non-hydrogen) atoms. The summed E-state index contributed by atoms with van der Waals surface area (Å²) in [5.41, 5.74) is 7.69. The minimum atomic E-state index is -1.08. The van der Waals surface area contributed by atoms with Crippen molar-refractivity contribution in [3.05, 3.63) is 142 Å².